The summed E-state index contributed by atoms with van der Waals surface area (Å²) < 4.78 is 4.75. The minimum Gasteiger partial charge on any atom is -0.480 e. The lowest BCUT2D eigenvalue weighted by atomic mass is 10.0. The molecule has 5 nitrogen and oxygen atoms in total. The lowest BCUT2D eigenvalue weighted by molar-refractivity contribution is -0.139. The van der Waals surface area contributed by atoms with E-state index in [9.17, 15) is 14.7 Å². The maximum Gasteiger partial charge on any atom is 0.408 e. The lowest BCUT2D eigenvalue weighted by Crippen LogP contribution is -2.42. The van der Waals surface area contributed by atoms with Gasteiger partial charge < -0.3 is 15.2 Å². The highest BCUT2D eigenvalue weighted by atomic mass is 16.5. The van der Waals surface area contributed by atoms with E-state index in [4.69, 9.17) is 4.74 Å². The Morgan fingerprint density at radius 1 is 1.23 bits per heavy atom. The number of aliphatic carboxylic acids is 1. The number of amides is 1. The minimum absolute atomic E-state index is 0.0359. The summed E-state index contributed by atoms with van der Waals surface area (Å²) in [5.74, 6) is -1.11. The molecule has 0 fully saturated rings. The maximum atomic E-state index is 11.5. The van der Waals surface area contributed by atoms with E-state index in [1.54, 1.807) is 0 Å². The molecule has 1 atom stereocenters. The molecule has 0 aliphatic rings. The fourth-order valence-electron chi connectivity index (χ4n) is 2.12. The highest BCUT2D eigenvalue weighted by Crippen LogP contribution is 2.16. The number of hydrogen-bond donors (Lipinski definition) is 2. The van der Waals surface area contributed by atoms with E-state index in [2.05, 4.69) is 11.9 Å². The first kappa shape index (κ1) is 15.6. The van der Waals surface area contributed by atoms with E-state index in [-0.39, 0.29) is 13.0 Å². The molecular weight excluding hydrogens is 282 g/mol. The Kier molecular flexibility index (Phi) is 5.14. The van der Waals surface area contributed by atoms with Crippen LogP contribution in [0.3, 0.4) is 0 Å². The minimum atomic E-state index is -1.11. The zero-order valence-corrected chi connectivity index (χ0v) is 12.0. The molecule has 0 aromatic heterocycles. The molecule has 0 saturated carbocycles. The zero-order valence-electron chi connectivity index (χ0n) is 12.0. The number of carboxylic acids is 1. The summed E-state index contributed by atoms with van der Waals surface area (Å²) in [5.41, 5.74) is 0.829. The first-order chi connectivity index (χ1) is 10.6. The van der Waals surface area contributed by atoms with Crippen LogP contribution >= 0.6 is 0 Å². The molecule has 0 saturated heterocycles. The number of rotatable bonds is 6. The van der Waals surface area contributed by atoms with Crippen molar-refractivity contribution in [1.29, 1.82) is 0 Å². The Hall–Kier alpha value is -2.82. The smallest absolute Gasteiger partial charge is 0.408 e. The second-order valence-electron chi connectivity index (χ2n) is 4.81. The van der Waals surface area contributed by atoms with Crippen molar-refractivity contribution >= 4 is 22.8 Å². The SMILES string of the molecule is C=CCOC(=O)N[C@H](Cc1ccc2ccccc2c1)C(=O)O. The van der Waals surface area contributed by atoms with Gasteiger partial charge in [-0.15, -0.1) is 0 Å². The number of benzene rings is 2. The number of nitrogens with one attached hydrogen (secondary N) is 1. The van der Waals surface area contributed by atoms with Gasteiger partial charge in [-0.2, -0.15) is 0 Å². The van der Waals surface area contributed by atoms with Gasteiger partial charge in [0.1, 0.15) is 12.6 Å². The fourth-order valence-corrected chi connectivity index (χ4v) is 2.12. The van der Waals surface area contributed by atoms with Crippen LogP contribution < -0.4 is 5.32 Å². The molecule has 0 unspecified atom stereocenters. The number of carbonyl (C=O) groups is 2. The predicted octanol–water partition coefficient (Wildman–Crippen LogP) is 2.75. The Bertz CT molecular complexity index is 696. The van der Waals surface area contributed by atoms with Crippen molar-refractivity contribution in [3.63, 3.8) is 0 Å². The van der Waals surface area contributed by atoms with Gasteiger partial charge in [-0.05, 0) is 16.3 Å². The standard InChI is InChI=1S/C17H17NO4/c1-2-9-22-17(21)18-15(16(19)20)11-12-7-8-13-5-3-4-6-14(13)10-12/h2-8,10,15H,1,9,11H2,(H,18,21)(H,19,20)/t15-/m1/s1. The summed E-state index contributed by atoms with van der Waals surface area (Å²) in [7, 11) is 0. The monoisotopic (exact) mass is 299 g/mol. The molecule has 5 heteroatoms. The molecule has 2 aromatic rings. The van der Waals surface area contributed by atoms with E-state index in [0.29, 0.717) is 0 Å². The molecule has 1 amide bonds. The van der Waals surface area contributed by atoms with Gasteiger partial charge in [-0.1, -0.05) is 55.1 Å². The van der Waals surface area contributed by atoms with Gasteiger partial charge in [-0.3, -0.25) is 0 Å². The second kappa shape index (κ2) is 7.26. The molecule has 22 heavy (non-hydrogen) atoms. The van der Waals surface area contributed by atoms with E-state index in [0.717, 1.165) is 16.3 Å². The van der Waals surface area contributed by atoms with Crippen LogP contribution in [-0.4, -0.2) is 29.8 Å². The predicted molar refractivity (Wildman–Crippen MR) is 83.8 cm³/mol. The van der Waals surface area contributed by atoms with Crippen LogP contribution in [0.2, 0.25) is 0 Å². The van der Waals surface area contributed by atoms with Crippen molar-refractivity contribution in [2.24, 2.45) is 0 Å². The van der Waals surface area contributed by atoms with Gasteiger partial charge >= 0.3 is 12.1 Å². The molecule has 0 aliphatic carbocycles. The van der Waals surface area contributed by atoms with Gasteiger partial charge in [0.25, 0.3) is 0 Å². The highest BCUT2D eigenvalue weighted by Gasteiger charge is 2.21. The third-order valence-electron chi connectivity index (χ3n) is 3.18. The summed E-state index contributed by atoms with van der Waals surface area (Å²) in [6.45, 7) is 3.46. The summed E-state index contributed by atoms with van der Waals surface area (Å²) in [5, 5.41) is 13.7. The Balaban J connectivity index is 2.10. The van der Waals surface area contributed by atoms with Crippen molar-refractivity contribution in [2.45, 2.75) is 12.5 Å². The molecule has 2 aromatic carbocycles. The summed E-state index contributed by atoms with van der Waals surface area (Å²) in [4.78, 5) is 22.8. The van der Waals surface area contributed by atoms with Crippen molar-refractivity contribution < 1.29 is 19.4 Å². The third-order valence-corrected chi connectivity index (χ3v) is 3.18. The second-order valence-corrected chi connectivity index (χ2v) is 4.81. The Labute approximate surface area is 128 Å². The fraction of sp³-hybridized carbons (Fsp3) is 0.176. The van der Waals surface area contributed by atoms with Gasteiger partial charge in [0.15, 0.2) is 0 Å². The largest absolute Gasteiger partial charge is 0.480 e. The molecule has 0 spiro atoms. The van der Waals surface area contributed by atoms with Crippen molar-refractivity contribution in [3.8, 4) is 0 Å². The summed E-state index contributed by atoms with van der Waals surface area (Å²) >= 11 is 0. The average Bonchev–Trinajstić information content (AvgIpc) is 2.52. The number of carboxylic acid groups (broad SMARTS) is 1. The molecule has 0 bridgehead atoms. The molecule has 0 aliphatic heterocycles. The number of carbonyl (C=O) groups excluding carboxylic acids is 1. The number of ether oxygens (including phenoxy) is 1. The average molecular weight is 299 g/mol. The normalized spacial score (nSPS) is 11.6. The molecule has 0 radical (unpaired) electrons. The molecule has 2 rings (SSSR count). The first-order valence-electron chi connectivity index (χ1n) is 6.85. The quantitative estimate of drug-likeness (QED) is 0.804. The number of fused-ring (bicyclic) bond motifs is 1. The zero-order chi connectivity index (χ0) is 15.9. The molecule has 114 valence electrons. The number of alkyl carbamates (subject to hydrolysis) is 1. The molecule has 2 N–H and O–H groups in total. The first-order valence-corrected chi connectivity index (χ1v) is 6.85. The van der Waals surface area contributed by atoms with Gasteiger partial charge in [0, 0.05) is 6.42 Å². The number of hydrogen-bond acceptors (Lipinski definition) is 3. The van der Waals surface area contributed by atoms with Crippen LogP contribution in [0.1, 0.15) is 5.56 Å². The van der Waals surface area contributed by atoms with E-state index in [1.165, 1.54) is 6.08 Å². The van der Waals surface area contributed by atoms with Crippen LogP contribution in [0.15, 0.2) is 55.1 Å². The van der Waals surface area contributed by atoms with E-state index < -0.39 is 18.1 Å². The summed E-state index contributed by atoms with van der Waals surface area (Å²) in [6, 6.07) is 12.5. The Morgan fingerprint density at radius 3 is 2.64 bits per heavy atom. The molecular formula is C17H17NO4. The van der Waals surface area contributed by atoms with Crippen LogP contribution in [-0.2, 0) is 16.0 Å². The van der Waals surface area contributed by atoms with E-state index in [1.807, 2.05) is 42.5 Å². The third kappa shape index (κ3) is 4.09. The highest BCUT2D eigenvalue weighted by molar-refractivity contribution is 5.84. The van der Waals surface area contributed by atoms with Crippen LogP contribution in [0.25, 0.3) is 10.8 Å². The lowest BCUT2D eigenvalue weighted by Gasteiger charge is -2.14. The molecule has 0 heterocycles. The van der Waals surface area contributed by atoms with Gasteiger partial charge in [0.2, 0.25) is 0 Å². The van der Waals surface area contributed by atoms with Crippen molar-refractivity contribution in [2.75, 3.05) is 6.61 Å². The Morgan fingerprint density at radius 2 is 1.95 bits per heavy atom. The van der Waals surface area contributed by atoms with Crippen LogP contribution in [0.5, 0.6) is 0 Å². The maximum absolute atomic E-state index is 11.5. The summed E-state index contributed by atoms with van der Waals surface area (Å²) in [6.07, 6.45) is 0.829. The van der Waals surface area contributed by atoms with Crippen molar-refractivity contribution in [1.82, 2.24) is 5.32 Å². The van der Waals surface area contributed by atoms with Crippen LogP contribution in [0.4, 0.5) is 4.79 Å². The topological polar surface area (TPSA) is 75.6 Å². The van der Waals surface area contributed by atoms with E-state index >= 15 is 0 Å². The van der Waals surface area contributed by atoms with Gasteiger partial charge in [-0.25, -0.2) is 9.59 Å². The van der Waals surface area contributed by atoms with Gasteiger partial charge in [0.05, 0.1) is 0 Å². The van der Waals surface area contributed by atoms with Crippen molar-refractivity contribution in [3.05, 3.63) is 60.7 Å². The van der Waals surface area contributed by atoms with Crippen LogP contribution in [0, 0.1) is 0 Å².